The average Bonchev–Trinajstić information content (AvgIpc) is 2.64. The van der Waals surface area contributed by atoms with Gasteiger partial charge >= 0.3 is 0 Å². The van der Waals surface area contributed by atoms with Crippen LogP contribution in [0.4, 0.5) is 5.69 Å². The van der Waals surface area contributed by atoms with Gasteiger partial charge in [0.1, 0.15) is 16.7 Å². The molecule has 13 heavy (non-hydrogen) atoms. The number of aromatic nitrogens is 3. The maximum Gasteiger partial charge on any atom is 0.152 e. The van der Waals surface area contributed by atoms with Crippen LogP contribution >= 0.6 is 0 Å². The van der Waals surface area contributed by atoms with Crippen molar-refractivity contribution in [1.82, 2.24) is 15.4 Å². The van der Waals surface area contributed by atoms with Gasteiger partial charge in [-0.05, 0) is 17.3 Å². The standard InChI is InChI=1S/C7H4N4O2/c12-3-4-1-2-5(10-13)7-6(4)8-11-9-7/h1-3H,(H,8,9,11). The van der Waals surface area contributed by atoms with E-state index in [4.69, 9.17) is 0 Å². The van der Waals surface area contributed by atoms with Gasteiger partial charge in [0, 0.05) is 5.56 Å². The number of fused-ring (bicyclic) bond motifs is 1. The normalized spacial score (nSPS) is 10.2. The highest BCUT2D eigenvalue weighted by atomic mass is 16.3. The molecule has 1 aromatic carbocycles. The quantitative estimate of drug-likeness (QED) is 0.549. The second kappa shape index (κ2) is 2.74. The van der Waals surface area contributed by atoms with E-state index in [0.29, 0.717) is 22.9 Å². The number of aromatic amines is 1. The van der Waals surface area contributed by atoms with Crippen molar-refractivity contribution in [3.63, 3.8) is 0 Å². The lowest BCUT2D eigenvalue weighted by molar-refractivity contribution is 0.112. The van der Waals surface area contributed by atoms with E-state index in [0.717, 1.165) is 0 Å². The molecule has 2 aromatic rings. The van der Waals surface area contributed by atoms with Gasteiger partial charge in [0.2, 0.25) is 0 Å². The summed E-state index contributed by atoms with van der Waals surface area (Å²) in [5.74, 6) is 0. The molecule has 0 aliphatic carbocycles. The summed E-state index contributed by atoms with van der Waals surface area (Å²) in [6, 6.07) is 2.91. The van der Waals surface area contributed by atoms with Gasteiger partial charge in [0.05, 0.1) is 0 Å². The van der Waals surface area contributed by atoms with Crippen molar-refractivity contribution in [3.8, 4) is 0 Å². The number of carbonyl (C=O) groups excluding carboxylic acids is 1. The highest BCUT2D eigenvalue weighted by molar-refractivity contribution is 5.98. The van der Waals surface area contributed by atoms with E-state index >= 15 is 0 Å². The summed E-state index contributed by atoms with van der Waals surface area (Å²) in [5.41, 5.74) is 1.25. The molecule has 0 saturated carbocycles. The number of benzene rings is 1. The molecule has 0 unspecified atom stereocenters. The Morgan fingerprint density at radius 2 is 2.08 bits per heavy atom. The molecule has 0 spiro atoms. The van der Waals surface area contributed by atoms with Gasteiger partial charge in [-0.2, -0.15) is 15.4 Å². The van der Waals surface area contributed by atoms with Crippen LogP contribution in [0.5, 0.6) is 0 Å². The number of rotatable bonds is 2. The van der Waals surface area contributed by atoms with Gasteiger partial charge in [-0.15, -0.1) is 4.91 Å². The summed E-state index contributed by atoms with van der Waals surface area (Å²) in [4.78, 5) is 20.8. The highest BCUT2D eigenvalue weighted by Gasteiger charge is 2.09. The lowest BCUT2D eigenvalue weighted by Gasteiger charge is -1.91. The van der Waals surface area contributed by atoms with E-state index in [2.05, 4.69) is 20.6 Å². The molecule has 0 amide bonds. The summed E-state index contributed by atoms with van der Waals surface area (Å²) >= 11 is 0. The smallest absolute Gasteiger partial charge is 0.152 e. The van der Waals surface area contributed by atoms with Crippen LogP contribution in [-0.4, -0.2) is 21.7 Å². The van der Waals surface area contributed by atoms with Crippen LogP contribution < -0.4 is 0 Å². The fraction of sp³-hybridized carbons (Fsp3) is 0. The van der Waals surface area contributed by atoms with Crippen molar-refractivity contribution in [1.29, 1.82) is 0 Å². The summed E-state index contributed by atoms with van der Waals surface area (Å²) < 4.78 is 0. The van der Waals surface area contributed by atoms with Crippen molar-refractivity contribution >= 4 is 23.0 Å². The largest absolute Gasteiger partial charge is 0.298 e. The Morgan fingerprint density at radius 1 is 1.31 bits per heavy atom. The van der Waals surface area contributed by atoms with Crippen molar-refractivity contribution in [2.45, 2.75) is 0 Å². The molecule has 6 heteroatoms. The summed E-state index contributed by atoms with van der Waals surface area (Å²) in [6.07, 6.45) is 0.652. The highest BCUT2D eigenvalue weighted by Crippen LogP contribution is 2.23. The fourth-order valence-electron chi connectivity index (χ4n) is 1.11. The molecule has 1 heterocycles. The third-order valence-electron chi connectivity index (χ3n) is 1.71. The summed E-state index contributed by atoms with van der Waals surface area (Å²) in [5, 5.41) is 12.5. The molecular weight excluding hydrogens is 172 g/mol. The van der Waals surface area contributed by atoms with Crippen molar-refractivity contribution in [2.24, 2.45) is 5.18 Å². The zero-order valence-electron chi connectivity index (χ0n) is 6.39. The molecule has 64 valence electrons. The minimum absolute atomic E-state index is 0.175. The van der Waals surface area contributed by atoms with Crippen LogP contribution in [0.1, 0.15) is 10.4 Å². The Balaban J connectivity index is 2.88. The Labute approximate surface area is 71.9 Å². The van der Waals surface area contributed by atoms with Crippen LogP contribution in [0.15, 0.2) is 17.3 Å². The molecular formula is C7H4N4O2. The molecule has 1 aromatic heterocycles. The van der Waals surface area contributed by atoms with Crippen molar-refractivity contribution in [2.75, 3.05) is 0 Å². The molecule has 2 rings (SSSR count). The number of nitrogens with one attached hydrogen (secondary N) is 1. The molecule has 6 nitrogen and oxygen atoms in total. The summed E-state index contributed by atoms with van der Waals surface area (Å²) in [7, 11) is 0. The third-order valence-corrected chi connectivity index (χ3v) is 1.71. The number of nitroso groups, excluding NO2 is 1. The molecule has 0 aliphatic heterocycles. The second-order valence-electron chi connectivity index (χ2n) is 2.40. The second-order valence-corrected chi connectivity index (χ2v) is 2.40. The predicted octanol–water partition coefficient (Wildman–Crippen LogP) is 1.17. The van der Waals surface area contributed by atoms with Crippen LogP contribution in [-0.2, 0) is 0 Å². The Morgan fingerprint density at radius 3 is 2.77 bits per heavy atom. The van der Waals surface area contributed by atoms with E-state index in [1.165, 1.54) is 12.1 Å². The minimum Gasteiger partial charge on any atom is -0.298 e. The average molecular weight is 176 g/mol. The predicted molar refractivity (Wildman–Crippen MR) is 44.7 cm³/mol. The van der Waals surface area contributed by atoms with Crippen LogP contribution in [0, 0.1) is 4.91 Å². The number of aldehydes is 1. The first-order valence-electron chi connectivity index (χ1n) is 3.49. The number of H-pyrrole nitrogens is 1. The van der Waals surface area contributed by atoms with Gasteiger partial charge in [-0.25, -0.2) is 0 Å². The molecule has 0 atom stereocenters. The van der Waals surface area contributed by atoms with E-state index in [1.54, 1.807) is 0 Å². The number of nitrogens with zero attached hydrogens (tertiary/aromatic N) is 3. The number of hydrogen-bond acceptors (Lipinski definition) is 5. The van der Waals surface area contributed by atoms with E-state index in [9.17, 15) is 9.70 Å². The number of hydrogen-bond donors (Lipinski definition) is 1. The molecule has 0 radical (unpaired) electrons. The number of carbonyl (C=O) groups is 1. The first-order valence-corrected chi connectivity index (χ1v) is 3.49. The molecule has 0 aliphatic rings. The first kappa shape index (κ1) is 7.53. The zero-order chi connectivity index (χ0) is 9.26. The molecule has 0 fully saturated rings. The zero-order valence-corrected chi connectivity index (χ0v) is 6.39. The van der Waals surface area contributed by atoms with Crippen LogP contribution in [0.3, 0.4) is 0 Å². The van der Waals surface area contributed by atoms with Gasteiger partial charge < -0.3 is 0 Å². The van der Waals surface area contributed by atoms with E-state index in [-0.39, 0.29) is 5.69 Å². The van der Waals surface area contributed by atoms with E-state index < -0.39 is 0 Å². The van der Waals surface area contributed by atoms with Crippen molar-refractivity contribution in [3.05, 3.63) is 22.6 Å². The third kappa shape index (κ3) is 0.994. The van der Waals surface area contributed by atoms with E-state index in [1.807, 2.05) is 0 Å². The summed E-state index contributed by atoms with van der Waals surface area (Å²) in [6.45, 7) is 0. The maximum atomic E-state index is 10.5. The maximum absolute atomic E-state index is 10.5. The molecule has 0 bridgehead atoms. The molecule has 0 saturated heterocycles. The van der Waals surface area contributed by atoms with Gasteiger partial charge in [-0.3, -0.25) is 4.79 Å². The lowest BCUT2D eigenvalue weighted by Crippen LogP contribution is -1.82. The SMILES string of the molecule is O=Cc1ccc(N=O)c2n[nH]nc12. The van der Waals surface area contributed by atoms with Crippen molar-refractivity contribution < 1.29 is 4.79 Å². The lowest BCUT2D eigenvalue weighted by atomic mass is 10.2. The molecule has 1 N–H and O–H groups in total. The topological polar surface area (TPSA) is 88.1 Å². The minimum atomic E-state index is 0.175. The van der Waals surface area contributed by atoms with Gasteiger partial charge in [0.25, 0.3) is 0 Å². The van der Waals surface area contributed by atoms with Crippen LogP contribution in [0.2, 0.25) is 0 Å². The monoisotopic (exact) mass is 176 g/mol. The van der Waals surface area contributed by atoms with Crippen LogP contribution in [0.25, 0.3) is 11.0 Å². The first-order chi connectivity index (χ1) is 6.36. The van der Waals surface area contributed by atoms with Gasteiger partial charge in [-0.1, -0.05) is 0 Å². The van der Waals surface area contributed by atoms with Gasteiger partial charge in [0.15, 0.2) is 6.29 Å². The fourth-order valence-corrected chi connectivity index (χ4v) is 1.11. The Hall–Kier alpha value is -2.11. The Kier molecular flexibility index (Phi) is 1.59. The Bertz CT molecular complexity index is 434.